The van der Waals surface area contributed by atoms with E-state index in [2.05, 4.69) is 9.64 Å². The van der Waals surface area contributed by atoms with Crippen LogP contribution in [0.2, 0.25) is 0 Å². The van der Waals surface area contributed by atoms with Crippen molar-refractivity contribution in [3.05, 3.63) is 29.8 Å². The summed E-state index contributed by atoms with van der Waals surface area (Å²) in [5, 5.41) is 0. The molecule has 1 fully saturated rings. The van der Waals surface area contributed by atoms with Crippen LogP contribution in [0.4, 0.5) is 8.78 Å². The van der Waals surface area contributed by atoms with Gasteiger partial charge < -0.3 is 10.5 Å². The van der Waals surface area contributed by atoms with E-state index in [4.69, 9.17) is 5.73 Å². The highest BCUT2D eigenvalue weighted by atomic mass is 19.3. The molecule has 2 rings (SSSR count). The Bertz CT molecular complexity index is 387. The normalized spacial score (nSPS) is 21.2. The van der Waals surface area contributed by atoms with Gasteiger partial charge in [0, 0.05) is 24.7 Å². The summed E-state index contributed by atoms with van der Waals surface area (Å²) in [4.78, 5) is 2.18. The molecular weight excluding hydrogens is 238 g/mol. The van der Waals surface area contributed by atoms with E-state index in [0.29, 0.717) is 6.54 Å². The fourth-order valence-corrected chi connectivity index (χ4v) is 2.32. The Morgan fingerprint density at radius 2 is 2.17 bits per heavy atom. The zero-order valence-corrected chi connectivity index (χ0v) is 10.2. The minimum Gasteiger partial charge on any atom is -0.434 e. The fraction of sp³-hybridized carbons (Fsp3) is 0.538. The van der Waals surface area contributed by atoms with Crippen LogP contribution in [0.15, 0.2) is 24.3 Å². The smallest absolute Gasteiger partial charge is 0.387 e. The van der Waals surface area contributed by atoms with Crippen LogP contribution in [0.5, 0.6) is 5.75 Å². The second-order valence-corrected chi connectivity index (χ2v) is 4.62. The first-order chi connectivity index (χ1) is 8.65. The third-order valence-electron chi connectivity index (χ3n) is 3.12. The molecule has 2 N–H and O–H groups in total. The molecule has 0 radical (unpaired) electrons. The first-order valence-corrected chi connectivity index (χ1v) is 6.16. The van der Waals surface area contributed by atoms with Gasteiger partial charge in [0.2, 0.25) is 0 Å². The summed E-state index contributed by atoms with van der Waals surface area (Å²) in [6.07, 6.45) is 2.09. The zero-order valence-electron chi connectivity index (χ0n) is 10.2. The highest BCUT2D eigenvalue weighted by Gasteiger charge is 2.18. The van der Waals surface area contributed by atoms with E-state index < -0.39 is 6.61 Å². The van der Waals surface area contributed by atoms with Crippen molar-refractivity contribution in [2.45, 2.75) is 32.0 Å². The summed E-state index contributed by atoms with van der Waals surface area (Å²) < 4.78 is 29.1. The van der Waals surface area contributed by atoms with Crippen molar-refractivity contribution >= 4 is 0 Å². The van der Waals surface area contributed by atoms with Crippen LogP contribution >= 0.6 is 0 Å². The minimum atomic E-state index is -2.78. The molecule has 0 unspecified atom stereocenters. The average molecular weight is 256 g/mol. The molecule has 1 aromatic rings. The first-order valence-electron chi connectivity index (χ1n) is 6.16. The number of likely N-dealkylation sites (tertiary alicyclic amines) is 1. The van der Waals surface area contributed by atoms with Crippen molar-refractivity contribution < 1.29 is 13.5 Å². The van der Waals surface area contributed by atoms with Gasteiger partial charge in [-0.25, -0.2) is 0 Å². The van der Waals surface area contributed by atoms with Crippen LogP contribution in [0, 0.1) is 0 Å². The largest absolute Gasteiger partial charge is 0.434 e. The van der Waals surface area contributed by atoms with E-state index in [1.807, 2.05) is 12.1 Å². The van der Waals surface area contributed by atoms with E-state index in [-0.39, 0.29) is 11.8 Å². The average Bonchev–Trinajstić information content (AvgIpc) is 2.31. The highest BCUT2D eigenvalue weighted by molar-refractivity contribution is 5.33. The first kappa shape index (κ1) is 13.2. The zero-order chi connectivity index (χ0) is 13.0. The highest BCUT2D eigenvalue weighted by Crippen LogP contribution is 2.23. The number of hydrogen-bond acceptors (Lipinski definition) is 3. The molecule has 1 atom stereocenters. The van der Waals surface area contributed by atoms with Gasteiger partial charge in [-0.05, 0) is 25.5 Å². The van der Waals surface area contributed by atoms with Crippen molar-refractivity contribution in [1.29, 1.82) is 0 Å². The lowest BCUT2D eigenvalue weighted by Crippen LogP contribution is -2.42. The number of rotatable bonds is 4. The molecule has 0 aliphatic carbocycles. The molecule has 0 spiro atoms. The molecular formula is C13H18F2N2O. The van der Waals surface area contributed by atoms with Crippen LogP contribution in [-0.4, -0.2) is 30.6 Å². The number of hydrogen-bond donors (Lipinski definition) is 1. The van der Waals surface area contributed by atoms with Crippen LogP contribution in [0.25, 0.3) is 0 Å². The maximum atomic E-state index is 12.3. The van der Waals surface area contributed by atoms with Gasteiger partial charge in [-0.15, -0.1) is 0 Å². The Hall–Kier alpha value is -1.20. The molecule has 100 valence electrons. The molecule has 3 nitrogen and oxygen atoms in total. The number of piperidine rings is 1. The Labute approximate surface area is 106 Å². The standard InChI is InChI=1S/C13H18F2N2O/c14-13(15)18-12-6-2-1-4-10(12)8-17-7-3-5-11(16)9-17/h1-2,4,6,11,13H,3,5,7-9,16H2/t11-/m0/s1. The van der Waals surface area contributed by atoms with Gasteiger partial charge in [-0.2, -0.15) is 8.78 Å². The molecule has 1 aliphatic heterocycles. The number of nitrogens with zero attached hydrogens (tertiary/aromatic N) is 1. The Morgan fingerprint density at radius 3 is 2.89 bits per heavy atom. The summed E-state index contributed by atoms with van der Waals surface area (Å²) in [7, 11) is 0. The molecule has 0 bridgehead atoms. The van der Waals surface area contributed by atoms with Crippen molar-refractivity contribution in [2.75, 3.05) is 13.1 Å². The molecule has 18 heavy (non-hydrogen) atoms. The van der Waals surface area contributed by atoms with Crippen molar-refractivity contribution in [1.82, 2.24) is 4.90 Å². The van der Waals surface area contributed by atoms with Gasteiger partial charge in [0.05, 0.1) is 0 Å². The van der Waals surface area contributed by atoms with Gasteiger partial charge >= 0.3 is 6.61 Å². The molecule has 1 aliphatic rings. The summed E-state index contributed by atoms with van der Waals surface area (Å²) in [5.41, 5.74) is 6.69. The molecule has 0 aromatic heterocycles. The molecule has 0 amide bonds. The van der Waals surface area contributed by atoms with Crippen LogP contribution in [-0.2, 0) is 6.54 Å². The number of ether oxygens (including phenoxy) is 1. The SMILES string of the molecule is N[C@H]1CCCN(Cc2ccccc2OC(F)F)C1. The van der Waals surface area contributed by atoms with Crippen LogP contribution < -0.4 is 10.5 Å². The summed E-state index contributed by atoms with van der Waals surface area (Å²) >= 11 is 0. The monoisotopic (exact) mass is 256 g/mol. The Balaban J connectivity index is 2.03. The molecule has 1 aromatic carbocycles. The maximum Gasteiger partial charge on any atom is 0.387 e. The van der Waals surface area contributed by atoms with E-state index in [1.54, 1.807) is 12.1 Å². The summed E-state index contributed by atoms with van der Waals surface area (Å²) in [6.45, 7) is -0.411. The van der Waals surface area contributed by atoms with Gasteiger partial charge in [0.1, 0.15) is 5.75 Å². The van der Waals surface area contributed by atoms with E-state index in [9.17, 15) is 8.78 Å². The third kappa shape index (κ3) is 3.65. The van der Waals surface area contributed by atoms with E-state index in [1.165, 1.54) is 0 Å². The number of halogens is 2. The Morgan fingerprint density at radius 1 is 1.39 bits per heavy atom. The minimum absolute atomic E-state index is 0.182. The number of benzene rings is 1. The number of nitrogens with two attached hydrogens (primary N) is 1. The second kappa shape index (κ2) is 6.11. The topological polar surface area (TPSA) is 38.5 Å². The van der Waals surface area contributed by atoms with E-state index in [0.717, 1.165) is 31.5 Å². The molecule has 1 heterocycles. The van der Waals surface area contributed by atoms with E-state index >= 15 is 0 Å². The number of para-hydroxylation sites is 1. The Kier molecular flexibility index (Phi) is 4.49. The molecule has 5 heteroatoms. The molecule has 1 saturated heterocycles. The third-order valence-corrected chi connectivity index (χ3v) is 3.12. The quantitative estimate of drug-likeness (QED) is 0.897. The lowest BCUT2D eigenvalue weighted by Gasteiger charge is -2.31. The van der Waals surface area contributed by atoms with Gasteiger partial charge in [0.25, 0.3) is 0 Å². The van der Waals surface area contributed by atoms with Crippen molar-refractivity contribution in [2.24, 2.45) is 5.73 Å². The summed E-state index contributed by atoms with van der Waals surface area (Å²) in [6, 6.07) is 7.10. The maximum absolute atomic E-state index is 12.3. The predicted molar refractivity (Wildman–Crippen MR) is 65.6 cm³/mol. The van der Waals surface area contributed by atoms with Crippen LogP contribution in [0.1, 0.15) is 18.4 Å². The van der Waals surface area contributed by atoms with Gasteiger partial charge in [-0.1, -0.05) is 18.2 Å². The van der Waals surface area contributed by atoms with Crippen LogP contribution in [0.3, 0.4) is 0 Å². The predicted octanol–water partition coefficient (Wildman–Crippen LogP) is 2.21. The summed E-state index contributed by atoms with van der Waals surface area (Å²) in [5.74, 6) is 0.256. The number of alkyl halides is 2. The lowest BCUT2D eigenvalue weighted by atomic mass is 10.1. The second-order valence-electron chi connectivity index (χ2n) is 4.62. The lowest BCUT2D eigenvalue weighted by molar-refractivity contribution is -0.0508. The van der Waals surface area contributed by atoms with Gasteiger partial charge in [0.15, 0.2) is 0 Å². The van der Waals surface area contributed by atoms with Crippen molar-refractivity contribution in [3.8, 4) is 5.75 Å². The van der Waals surface area contributed by atoms with Gasteiger partial charge in [-0.3, -0.25) is 4.90 Å². The fourth-order valence-electron chi connectivity index (χ4n) is 2.32. The molecule has 0 saturated carbocycles. The van der Waals surface area contributed by atoms with Crippen molar-refractivity contribution in [3.63, 3.8) is 0 Å².